The number of ether oxygens (including phenoxy) is 2. The largest absolute Gasteiger partial charge is 0.461 e. The van der Waals surface area contributed by atoms with E-state index < -0.39 is 11.9 Å². The smallest absolute Gasteiger partial charge is 0.354 e. The highest BCUT2D eigenvalue weighted by atomic mass is 79.9. The first-order valence-corrected chi connectivity index (χ1v) is 9.11. The monoisotopic (exact) mass is 433 g/mol. The molecule has 3 aromatic rings. The second-order valence-electron chi connectivity index (χ2n) is 5.90. The summed E-state index contributed by atoms with van der Waals surface area (Å²) in [5.41, 5.74) is 1.79. The van der Waals surface area contributed by atoms with E-state index in [0.29, 0.717) is 21.5 Å². The molecule has 0 atom stereocenters. The van der Waals surface area contributed by atoms with Gasteiger partial charge in [-0.15, -0.1) is 0 Å². The zero-order valence-corrected chi connectivity index (χ0v) is 16.4. The van der Waals surface area contributed by atoms with Crippen molar-refractivity contribution in [2.75, 3.05) is 6.61 Å². The first kappa shape index (κ1) is 19.1. The molecule has 0 spiro atoms. The average molecular weight is 434 g/mol. The Morgan fingerprint density at radius 2 is 1.93 bits per heavy atom. The Labute approximate surface area is 163 Å². The van der Waals surface area contributed by atoms with E-state index in [1.807, 2.05) is 0 Å². The molecule has 0 bridgehead atoms. The molecule has 27 heavy (non-hydrogen) atoms. The maximum atomic E-state index is 13.9. The van der Waals surface area contributed by atoms with Gasteiger partial charge in [0.25, 0.3) is 0 Å². The van der Waals surface area contributed by atoms with E-state index in [9.17, 15) is 14.0 Å². The molecule has 1 aromatic heterocycles. The fourth-order valence-electron chi connectivity index (χ4n) is 2.84. The number of carbonyl (C=O) groups excluding carboxylic acids is 2. The highest BCUT2D eigenvalue weighted by Gasteiger charge is 2.18. The number of nitrogens with zero attached hydrogens (tertiary/aromatic N) is 1. The lowest BCUT2D eigenvalue weighted by Gasteiger charge is -2.11. The first-order valence-electron chi connectivity index (χ1n) is 8.31. The van der Waals surface area contributed by atoms with Gasteiger partial charge in [-0.05, 0) is 64.8 Å². The van der Waals surface area contributed by atoms with Gasteiger partial charge in [-0.3, -0.25) is 4.79 Å². The molecule has 0 radical (unpaired) electrons. The average Bonchev–Trinajstić information content (AvgIpc) is 2.96. The van der Waals surface area contributed by atoms with Crippen LogP contribution in [0.25, 0.3) is 10.9 Å². The Hall–Kier alpha value is -2.67. The third-order valence-electron chi connectivity index (χ3n) is 3.94. The molecule has 0 saturated carbocycles. The summed E-state index contributed by atoms with van der Waals surface area (Å²) in [4.78, 5) is 23.6. The number of rotatable bonds is 5. The predicted molar refractivity (Wildman–Crippen MR) is 102 cm³/mol. The van der Waals surface area contributed by atoms with Gasteiger partial charge in [-0.1, -0.05) is 6.07 Å². The summed E-state index contributed by atoms with van der Waals surface area (Å²) in [6.07, 6.45) is 0. The summed E-state index contributed by atoms with van der Waals surface area (Å²) in [6.45, 7) is 3.58. The Kier molecular flexibility index (Phi) is 5.60. The molecule has 5 nitrogen and oxygen atoms in total. The van der Waals surface area contributed by atoms with Crippen molar-refractivity contribution in [1.82, 2.24) is 4.57 Å². The molecule has 0 aliphatic heterocycles. The van der Waals surface area contributed by atoms with Crippen molar-refractivity contribution in [2.24, 2.45) is 0 Å². The van der Waals surface area contributed by atoms with Gasteiger partial charge >= 0.3 is 11.9 Å². The van der Waals surface area contributed by atoms with Gasteiger partial charge in [0.05, 0.1) is 11.1 Å². The first-order chi connectivity index (χ1) is 12.9. The maximum Gasteiger partial charge on any atom is 0.354 e. The van der Waals surface area contributed by atoms with Crippen molar-refractivity contribution >= 4 is 38.8 Å². The lowest BCUT2D eigenvalue weighted by atomic mass is 10.2. The van der Waals surface area contributed by atoms with Gasteiger partial charge in [-0.25, -0.2) is 9.18 Å². The van der Waals surface area contributed by atoms with Gasteiger partial charge < -0.3 is 14.0 Å². The fourth-order valence-corrected chi connectivity index (χ4v) is 3.09. The normalized spacial score (nSPS) is 10.8. The molecule has 0 N–H and O–H groups in total. The second kappa shape index (κ2) is 7.92. The van der Waals surface area contributed by atoms with Gasteiger partial charge in [0.1, 0.15) is 17.3 Å². The van der Waals surface area contributed by atoms with Crippen molar-refractivity contribution < 1.29 is 23.5 Å². The predicted octanol–water partition coefficient (Wildman–Crippen LogP) is 4.69. The summed E-state index contributed by atoms with van der Waals surface area (Å²) in [6, 6.07) is 11.6. The van der Waals surface area contributed by atoms with Crippen LogP contribution in [0.4, 0.5) is 4.39 Å². The van der Waals surface area contributed by atoms with Gasteiger partial charge in [0.2, 0.25) is 0 Å². The molecule has 0 aliphatic rings. The van der Waals surface area contributed by atoms with Crippen LogP contribution < -0.4 is 4.74 Å². The van der Waals surface area contributed by atoms with Crippen molar-refractivity contribution in [3.63, 3.8) is 0 Å². The minimum Gasteiger partial charge on any atom is -0.461 e. The van der Waals surface area contributed by atoms with Crippen LogP contribution in [0.1, 0.15) is 29.9 Å². The summed E-state index contributed by atoms with van der Waals surface area (Å²) >= 11 is 3.14. The van der Waals surface area contributed by atoms with E-state index >= 15 is 0 Å². The van der Waals surface area contributed by atoms with Crippen LogP contribution in [-0.2, 0) is 16.1 Å². The zero-order chi connectivity index (χ0) is 19.6. The van der Waals surface area contributed by atoms with E-state index in [2.05, 4.69) is 15.9 Å². The third kappa shape index (κ3) is 4.19. The van der Waals surface area contributed by atoms with Crippen LogP contribution in [0.15, 0.2) is 46.9 Å². The van der Waals surface area contributed by atoms with E-state index in [1.165, 1.54) is 13.0 Å². The number of halogens is 2. The standard InChI is InChI=1S/C20H17BrFNO4/c1-3-26-20(25)19-10-14-9-15(27-12(2)24)5-7-18(14)23(19)11-13-4-6-16(21)17(22)8-13/h4-10H,3,11H2,1-2H3. The Bertz CT molecular complexity index is 1030. The minimum atomic E-state index is -0.472. The lowest BCUT2D eigenvalue weighted by Crippen LogP contribution is -2.13. The Morgan fingerprint density at radius 3 is 2.59 bits per heavy atom. The molecular formula is C20H17BrFNO4. The SMILES string of the molecule is CCOC(=O)c1cc2cc(OC(C)=O)ccc2n1Cc1ccc(Br)c(F)c1. The number of fused-ring (bicyclic) bond motifs is 1. The molecule has 7 heteroatoms. The molecule has 0 fully saturated rings. The third-order valence-corrected chi connectivity index (χ3v) is 4.59. The summed E-state index contributed by atoms with van der Waals surface area (Å²) < 4.78 is 26.3. The molecule has 1 heterocycles. The molecule has 0 amide bonds. The van der Waals surface area contributed by atoms with Crippen LogP contribution in [0.3, 0.4) is 0 Å². The minimum absolute atomic E-state index is 0.242. The Morgan fingerprint density at radius 1 is 1.15 bits per heavy atom. The van der Waals surface area contributed by atoms with E-state index in [4.69, 9.17) is 9.47 Å². The highest BCUT2D eigenvalue weighted by Crippen LogP contribution is 2.27. The number of hydrogen-bond acceptors (Lipinski definition) is 4. The van der Waals surface area contributed by atoms with Crippen LogP contribution in [0.2, 0.25) is 0 Å². The van der Waals surface area contributed by atoms with Crippen molar-refractivity contribution in [3.05, 3.63) is 64.0 Å². The van der Waals surface area contributed by atoms with Crippen molar-refractivity contribution in [3.8, 4) is 5.75 Å². The van der Waals surface area contributed by atoms with E-state index in [1.54, 1.807) is 47.9 Å². The zero-order valence-electron chi connectivity index (χ0n) is 14.8. The van der Waals surface area contributed by atoms with E-state index in [0.717, 1.165) is 10.9 Å². The molecule has 0 aliphatic carbocycles. The highest BCUT2D eigenvalue weighted by molar-refractivity contribution is 9.10. The summed E-state index contributed by atoms with van der Waals surface area (Å²) in [5, 5.41) is 0.717. The van der Waals surface area contributed by atoms with Crippen LogP contribution in [0.5, 0.6) is 5.75 Å². The van der Waals surface area contributed by atoms with Crippen LogP contribution in [-0.4, -0.2) is 23.1 Å². The second-order valence-corrected chi connectivity index (χ2v) is 6.75. The molecule has 0 saturated heterocycles. The summed E-state index contributed by atoms with van der Waals surface area (Å²) in [5.74, 6) is -0.888. The van der Waals surface area contributed by atoms with Gasteiger partial charge in [0.15, 0.2) is 0 Å². The van der Waals surface area contributed by atoms with Crippen LogP contribution >= 0.6 is 15.9 Å². The molecule has 140 valence electrons. The summed E-state index contributed by atoms with van der Waals surface area (Å²) in [7, 11) is 0. The van der Waals surface area contributed by atoms with Crippen molar-refractivity contribution in [2.45, 2.75) is 20.4 Å². The molecule has 2 aromatic carbocycles. The van der Waals surface area contributed by atoms with Crippen molar-refractivity contribution in [1.29, 1.82) is 0 Å². The number of esters is 2. The quantitative estimate of drug-likeness (QED) is 0.432. The molecule has 3 rings (SSSR count). The topological polar surface area (TPSA) is 57.5 Å². The fraction of sp³-hybridized carbons (Fsp3) is 0.200. The van der Waals surface area contributed by atoms with E-state index in [-0.39, 0.29) is 19.0 Å². The number of aromatic nitrogens is 1. The van der Waals surface area contributed by atoms with Gasteiger partial charge in [-0.2, -0.15) is 0 Å². The van der Waals surface area contributed by atoms with Gasteiger partial charge in [0, 0.05) is 24.4 Å². The van der Waals surface area contributed by atoms with Crippen LogP contribution in [0, 0.1) is 5.82 Å². The maximum absolute atomic E-state index is 13.9. The Balaban J connectivity index is 2.08. The number of hydrogen-bond donors (Lipinski definition) is 0. The number of benzene rings is 2. The molecular weight excluding hydrogens is 417 g/mol. The lowest BCUT2D eigenvalue weighted by molar-refractivity contribution is -0.131. The molecule has 0 unspecified atom stereocenters. The number of carbonyl (C=O) groups is 2.